The fraction of sp³-hybridized carbons (Fsp3) is 0.706. The second-order valence-electron chi connectivity index (χ2n) is 6.70. The van der Waals surface area contributed by atoms with Gasteiger partial charge in [-0.05, 0) is 57.3 Å². The van der Waals surface area contributed by atoms with Crippen LogP contribution in [0.25, 0.3) is 0 Å². The summed E-state index contributed by atoms with van der Waals surface area (Å²) in [6, 6.07) is 0.758. The number of likely N-dealkylation sites (tertiary alicyclic amines) is 2. The Kier molecular flexibility index (Phi) is 4.45. The summed E-state index contributed by atoms with van der Waals surface area (Å²) in [4.78, 5) is 9.85. The Balaban J connectivity index is 1.61. The van der Waals surface area contributed by atoms with Crippen LogP contribution >= 0.6 is 0 Å². The molecular formula is C17H28N4. The summed E-state index contributed by atoms with van der Waals surface area (Å²) in [5, 5.41) is 0. The molecule has 1 atom stereocenters. The highest BCUT2D eigenvalue weighted by molar-refractivity contribution is 5.53. The van der Waals surface area contributed by atoms with Crippen molar-refractivity contribution in [3.05, 3.63) is 23.0 Å². The zero-order chi connectivity index (χ0) is 14.8. The maximum atomic E-state index is 6.13. The minimum absolute atomic E-state index is 0.758. The van der Waals surface area contributed by atoms with E-state index in [4.69, 9.17) is 5.73 Å². The highest BCUT2D eigenvalue weighted by Gasteiger charge is 2.28. The van der Waals surface area contributed by atoms with Gasteiger partial charge in [0, 0.05) is 37.6 Å². The van der Waals surface area contributed by atoms with Crippen molar-refractivity contribution in [2.24, 2.45) is 0 Å². The normalized spacial score (nSPS) is 24.6. The number of pyridine rings is 1. The van der Waals surface area contributed by atoms with Gasteiger partial charge < -0.3 is 5.73 Å². The topological polar surface area (TPSA) is 45.4 Å². The first kappa shape index (κ1) is 14.8. The number of hydrogen-bond acceptors (Lipinski definition) is 4. The Morgan fingerprint density at radius 2 is 1.95 bits per heavy atom. The zero-order valence-electron chi connectivity index (χ0n) is 13.4. The predicted octanol–water partition coefficient (Wildman–Crippen LogP) is 2.34. The van der Waals surface area contributed by atoms with Gasteiger partial charge in [0.1, 0.15) is 0 Å². The van der Waals surface area contributed by atoms with Gasteiger partial charge in [0.05, 0.1) is 5.69 Å². The standard InChI is InChI=1S/C17H28N4/c1-13-10-19-16(14(2)17(13)18)12-20-9-6-15(11-20)21-7-4-3-5-8-21/h10,15H,3-9,11-12H2,1-2H3,(H2,18,19). The first-order chi connectivity index (χ1) is 10.1. The van der Waals surface area contributed by atoms with Gasteiger partial charge in [-0.2, -0.15) is 0 Å². The number of nitrogen functional groups attached to an aromatic ring is 1. The molecule has 0 radical (unpaired) electrons. The number of piperidine rings is 1. The van der Waals surface area contributed by atoms with Crippen LogP contribution < -0.4 is 5.73 Å². The van der Waals surface area contributed by atoms with E-state index in [1.54, 1.807) is 0 Å². The number of nitrogens with zero attached hydrogens (tertiary/aromatic N) is 3. The van der Waals surface area contributed by atoms with Crippen molar-refractivity contribution < 1.29 is 0 Å². The molecule has 2 saturated heterocycles. The van der Waals surface area contributed by atoms with E-state index in [-0.39, 0.29) is 0 Å². The molecule has 0 aromatic carbocycles. The lowest BCUT2D eigenvalue weighted by molar-refractivity contribution is 0.161. The number of rotatable bonds is 3. The molecule has 4 nitrogen and oxygen atoms in total. The van der Waals surface area contributed by atoms with Gasteiger partial charge in [-0.15, -0.1) is 0 Å². The Morgan fingerprint density at radius 3 is 2.71 bits per heavy atom. The van der Waals surface area contributed by atoms with Crippen molar-refractivity contribution in [3.63, 3.8) is 0 Å². The molecule has 3 heterocycles. The van der Waals surface area contributed by atoms with E-state index < -0.39 is 0 Å². The highest BCUT2D eigenvalue weighted by Crippen LogP contribution is 2.24. The molecular weight excluding hydrogens is 260 g/mol. The van der Waals surface area contributed by atoms with Crippen LogP contribution in [0.1, 0.15) is 42.5 Å². The van der Waals surface area contributed by atoms with Gasteiger partial charge in [-0.3, -0.25) is 14.8 Å². The van der Waals surface area contributed by atoms with Crippen LogP contribution in [0.5, 0.6) is 0 Å². The maximum Gasteiger partial charge on any atom is 0.0593 e. The zero-order valence-corrected chi connectivity index (χ0v) is 13.4. The summed E-state index contributed by atoms with van der Waals surface area (Å²) in [6.45, 7) is 10.1. The molecule has 2 aliphatic rings. The second-order valence-corrected chi connectivity index (χ2v) is 6.70. The van der Waals surface area contributed by atoms with E-state index in [1.165, 1.54) is 51.9 Å². The summed E-state index contributed by atoms with van der Waals surface area (Å²) in [5.41, 5.74) is 10.4. The van der Waals surface area contributed by atoms with E-state index in [9.17, 15) is 0 Å². The first-order valence-corrected chi connectivity index (χ1v) is 8.32. The van der Waals surface area contributed by atoms with Gasteiger partial charge in [0.2, 0.25) is 0 Å². The van der Waals surface area contributed by atoms with Crippen molar-refractivity contribution in [2.75, 3.05) is 31.9 Å². The molecule has 0 amide bonds. The Morgan fingerprint density at radius 1 is 1.19 bits per heavy atom. The molecule has 0 bridgehead atoms. The van der Waals surface area contributed by atoms with E-state index in [0.717, 1.165) is 35.1 Å². The second kappa shape index (κ2) is 6.32. The minimum Gasteiger partial charge on any atom is -0.398 e. The van der Waals surface area contributed by atoms with Crippen LogP contribution in [0, 0.1) is 13.8 Å². The molecule has 3 rings (SSSR count). The number of aryl methyl sites for hydroxylation is 1. The van der Waals surface area contributed by atoms with Crippen LogP contribution in [0.2, 0.25) is 0 Å². The van der Waals surface area contributed by atoms with Crippen molar-refractivity contribution in [3.8, 4) is 0 Å². The lowest BCUT2D eigenvalue weighted by Crippen LogP contribution is -2.40. The molecule has 2 fully saturated rings. The van der Waals surface area contributed by atoms with Gasteiger partial charge >= 0.3 is 0 Å². The fourth-order valence-corrected chi connectivity index (χ4v) is 3.70. The quantitative estimate of drug-likeness (QED) is 0.927. The summed E-state index contributed by atoms with van der Waals surface area (Å²) in [6.07, 6.45) is 7.40. The number of anilines is 1. The smallest absolute Gasteiger partial charge is 0.0593 e. The van der Waals surface area contributed by atoms with E-state index >= 15 is 0 Å². The SMILES string of the molecule is Cc1cnc(CN2CCC(N3CCCCC3)C2)c(C)c1N. The minimum atomic E-state index is 0.758. The van der Waals surface area contributed by atoms with E-state index in [0.29, 0.717) is 0 Å². The molecule has 2 N–H and O–H groups in total. The van der Waals surface area contributed by atoms with Crippen molar-refractivity contribution in [2.45, 2.75) is 52.1 Å². The molecule has 0 saturated carbocycles. The van der Waals surface area contributed by atoms with E-state index in [2.05, 4.69) is 21.7 Å². The molecule has 21 heavy (non-hydrogen) atoms. The third kappa shape index (κ3) is 3.22. The molecule has 0 aliphatic carbocycles. The summed E-state index contributed by atoms with van der Waals surface area (Å²) < 4.78 is 0. The van der Waals surface area contributed by atoms with Gasteiger partial charge in [0.25, 0.3) is 0 Å². The van der Waals surface area contributed by atoms with Crippen LogP contribution in [0.4, 0.5) is 5.69 Å². The number of aromatic nitrogens is 1. The molecule has 0 spiro atoms. The Hall–Kier alpha value is -1.13. The average Bonchev–Trinajstić information content (AvgIpc) is 2.97. The Bertz CT molecular complexity index is 494. The van der Waals surface area contributed by atoms with Crippen LogP contribution in [-0.4, -0.2) is 47.0 Å². The van der Waals surface area contributed by atoms with Crippen molar-refractivity contribution in [1.29, 1.82) is 0 Å². The van der Waals surface area contributed by atoms with Crippen LogP contribution in [0.3, 0.4) is 0 Å². The van der Waals surface area contributed by atoms with Crippen LogP contribution in [-0.2, 0) is 6.54 Å². The van der Waals surface area contributed by atoms with Gasteiger partial charge in [0.15, 0.2) is 0 Å². The maximum absolute atomic E-state index is 6.13. The lowest BCUT2D eigenvalue weighted by atomic mass is 10.1. The van der Waals surface area contributed by atoms with Gasteiger partial charge in [-0.1, -0.05) is 6.42 Å². The summed E-state index contributed by atoms with van der Waals surface area (Å²) >= 11 is 0. The first-order valence-electron chi connectivity index (χ1n) is 8.32. The monoisotopic (exact) mass is 288 g/mol. The molecule has 1 aromatic heterocycles. The van der Waals surface area contributed by atoms with E-state index in [1.807, 2.05) is 13.1 Å². The molecule has 1 aromatic rings. The lowest BCUT2D eigenvalue weighted by Gasteiger charge is -2.32. The third-order valence-corrected chi connectivity index (χ3v) is 5.20. The number of hydrogen-bond donors (Lipinski definition) is 1. The fourth-order valence-electron chi connectivity index (χ4n) is 3.70. The molecule has 2 aliphatic heterocycles. The number of nitrogens with two attached hydrogens (primary N) is 1. The largest absolute Gasteiger partial charge is 0.398 e. The average molecular weight is 288 g/mol. The Labute approximate surface area is 128 Å². The molecule has 1 unspecified atom stereocenters. The van der Waals surface area contributed by atoms with Crippen molar-refractivity contribution >= 4 is 5.69 Å². The third-order valence-electron chi connectivity index (χ3n) is 5.20. The highest BCUT2D eigenvalue weighted by atomic mass is 15.3. The summed E-state index contributed by atoms with van der Waals surface area (Å²) in [5.74, 6) is 0. The molecule has 4 heteroatoms. The predicted molar refractivity (Wildman–Crippen MR) is 87.2 cm³/mol. The summed E-state index contributed by atoms with van der Waals surface area (Å²) in [7, 11) is 0. The molecule has 116 valence electrons. The van der Waals surface area contributed by atoms with Gasteiger partial charge in [-0.25, -0.2) is 0 Å². The van der Waals surface area contributed by atoms with Crippen molar-refractivity contribution in [1.82, 2.24) is 14.8 Å². The van der Waals surface area contributed by atoms with Crippen LogP contribution in [0.15, 0.2) is 6.20 Å².